The van der Waals surface area contributed by atoms with Crippen LogP contribution < -0.4 is 0 Å². The van der Waals surface area contributed by atoms with Gasteiger partial charge in [-0.05, 0) is 46.7 Å². The van der Waals surface area contributed by atoms with E-state index in [9.17, 15) is 9.18 Å². The van der Waals surface area contributed by atoms with Gasteiger partial charge in [0.1, 0.15) is 0 Å². The van der Waals surface area contributed by atoms with Gasteiger partial charge in [-0.3, -0.25) is 4.79 Å². The van der Waals surface area contributed by atoms with E-state index >= 15 is 0 Å². The van der Waals surface area contributed by atoms with Crippen LogP contribution >= 0.6 is 39.3 Å². The Morgan fingerprint density at radius 2 is 2.31 bits per heavy atom. The first-order valence-corrected chi connectivity index (χ1v) is 7.12. The number of rotatable bonds is 2. The Hall–Kier alpha value is -0.0600. The van der Waals surface area contributed by atoms with Crippen molar-refractivity contribution in [3.63, 3.8) is 0 Å². The van der Waals surface area contributed by atoms with Crippen LogP contribution in [0.3, 0.4) is 0 Å². The van der Waals surface area contributed by atoms with Crippen molar-refractivity contribution in [1.82, 2.24) is 0 Å². The third-order valence-corrected chi connectivity index (χ3v) is 5.16. The van der Waals surface area contributed by atoms with E-state index in [0.717, 1.165) is 18.6 Å². The molecule has 1 nitrogen and oxygen atoms in total. The molecule has 1 heterocycles. The van der Waals surface area contributed by atoms with Crippen LogP contribution in [0.2, 0.25) is 5.02 Å². The summed E-state index contributed by atoms with van der Waals surface area (Å²) in [5, 5.41) is -0.124. The lowest BCUT2D eigenvalue weighted by Crippen LogP contribution is -2.15. The number of carbonyl (C=O) groups excluding carboxylic acids is 1. The van der Waals surface area contributed by atoms with E-state index in [1.54, 1.807) is 17.8 Å². The molecule has 16 heavy (non-hydrogen) atoms. The number of hydrogen-bond acceptors (Lipinski definition) is 2. The molecule has 1 aromatic rings. The van der Waals surface area contributed by atoms with Crippen molar-refractivity contribution in [2.75, 3.05) is 5.75 Å². The fourth-order valence-corrected chi connectivity index (χ4v) is 3.37. The Labute approximate surface area is 111 Å². The maximum absolute atomic E-state index is 13.8. The molecule has 86 valence electrons. The fraction of sp³-hybridized carbons (Fsp3) is 0.364. The molecule has 1 aliphatic heterocycles. The van der Waals surface area contributed by atoms with Crippen LogP contribution in [0.1, 0.15) is 23.2 Å². The van der Waals surface area contributed by atoms with Gasteiger partial charge in [-0.15, -0.1) is 0 Å². The Morgan fingerprint density at radius 3 is 2.94 bits per heavy atom. The molecule has 0 bridgehead atoms. The lowest BCUT2D eigenvalue weighted by atomic mass is 10.1. The van der Waals surface area contributed by atoms with Gasteiger partial charge in [-0.2, -0.15) is 11.8 Å². The van der Waals surface area contributed by atoms with Gasteiger partial charge in [0.2, 0.25) is 0 Å². The van der Waals surface area contributed by atoms with E-state index in [2.05, 4.69) is 15.9 Å². The van der Waals surface area contributed by atoms with Crippen LogP contribution in [0.5, 0.6) is 0 Å². The predicted molar refractivity (Wildman–Crippen MR) is 68.9 cm³/mol. The number of carbonyl (C=O) groups is 1. The van der Waals surface area contributed by atoms with Gasteiger partial charge >= 0.3 is 0 Å². The summed E-state index contributed by atoms with van der Waals surface area (Å²) in [6, 6.07) is 3.10. The normalized spacial score (nSPS) is 20.1. The molecule has 0 saturated carbocycles. The molecule has 0 spiro atoms. The predicted octanol–water partition coefficient (Wildman–Crippen LogP) is 4.32. The van der Waals surface area contributed by atoms with Crippen LogP contribution in [0.25, 0.3) is 0 Å². The van der Waals surface area contributed by atoms with Crippen LogP contribution in [-0.2, 0) is 0 Å². The Kier molecular flexibility index (Phi) is 3.93. The monoisotopic (exact) mass is 322 g/mol. The summed E-state index contributed by atoms with van der Waals surface area (Å²) < 4.78 is 14.2. The highest BCUT2D eigenvalue weighted by atomic mass is 79.9. The van der Waals surface area contributed by atoms with E-state index in [1.807, 2.05) is 0 Å². The zero-order chi connectivity index (χ0) is 11.7. The summed E-state index contributed by atoms with van der Waals surface area (Å²) in [5.41, 5.74) is 0.104. The SMILES string of the molecule is O=C(c1ccc(Br)c(Cl)c1F)C1CCCS1. The number of thioether (sulfide) groups is 1. The summed E-state index contributed by atoms with van der Waals surface area (Å²) in [6.45, 7) is 0. The Morgan fingerprint density at radius 1 is 1.56 bits per heavy atom. The highest BCUT2D eigenvalue weighted by Gasteiger charge is 2.27. The van der Waals surface area contributed by atoms with Crippen molar-refractivity contribution in [3.8, 4) is 0 Å². The average molecular weight is 324 g/mol. The first-order chi connectivity index (χ1) is 7.61. The number of hydrogen-bond donors (Lipinski definition) is 0. The minimum Gasteiger partial charge on any atom is -0.293 e. The molecular formula is C11H9BrClFOS. The van der Waals surface area contributed by atoms with E-state index < -0.39 is 5.82 Å². The topological polar surface area (TPSA) is 17.1 Å². The Bertz CT molecular complexity index is 432. The molecular weight excluding hydrogens is 315 g/mol. The molecule has 5 heteroatoms. The molecule has 1 aromatic carbocycles. The van der Waals surface area contributed by atoms with Gasteiger partial charge in [0.05, 0.1) is 15.8 Å². The van der Waals surface area contributed by atoms with E-state index in [0.29, 0.717) is 4.47 Å². The average Bonchev–Trinajstić information content (AvgIpc) is 2.79. The first kappa shape index (κ1) is 12.4. The summed E-state index contributed by atoms with van der Waals surface area (Å²) in [4.78, 5) is 12.0. The number of halogens is 3. The summed E-state index contributed by atoms with van der Waals surface area (Å²) in [6.07, 6.45) is 1.85. The van der Waals surface area contributed by atoms with Crippen molar-refractivity contribution in [2.24, 2.45) is 0 Å². The second kappa shape index (κ2) is 5.07. The van der Waals surface area contributed by atoms with Gasteiger partial charge in [-0.1, -0.05) is 11.6 Å². The summed E-state index contributed by atoms with van der Waals surface area (Å²) >= 11 is 10.5. The van der Waals surface area contributed by atoms with Crippen LogP contribution in [-0.4, -0.2) is 16.8 Å². The minimum atomic E-state index is -0.617. The second-order valence-corrected chi connectivity index (χ2v) is 6.13. The molecule has 2 rings (SSSR count). The second-order valence-electron chi connectivity index (χ2n) is 3.59. The van der Waals surface area contributed by atoms with Crippen LogP contribution in [0.4, 0.5) is 4.39 Å². The fourth-order valence-electron chi connectivity index (χ4n) is 1.67. The Balaban J connectivity index is 2.33. The summed E-state index contributed by atoms with van der Waals surface area (Å²) in [5.74, 6) is 0.213. The molecule has 1 aliphatic rings. The lowest BCUT2D eigenvalue weighted by Gasteiger charge is -2.09. The van der Waals surface area contributed by atoms with Gasteiger partial charge in [-0.25, -0.2) is 4.39 Å². The minimum absolute atomic E-state index is 0.0196. The quantitative estimate of drug-likeness (QED) is 0.595. The molecule has 0 amide bonds. The number of Topliss-reactive ketones (excluding diaryl/α,β-unsaturated/α-hetero) is 1. The largest absolute Gasteiger partial charge is 0.293 e. The van der Waals surface area contributed by atoms with E-state index in [1.165, 1.54) is 6.07 Å². The van der Waals surface area contributed by atoms with Crippen LogP contribution in [0.15, 0.2) is 16.6 Å². The maximum Gasteiger partial charge on any atom is 0.178 e. The van der Waals surface area contributed by atoms with Crippen molar-refractivity contribution in [3.05, 3.63) is 33.0 Å². The zero-order valence-electron chi connectivity index (χ0n) is 8.30. The maximum atomic E-state index is 13.8. The van der Waals surface area contributed by atoms with Gasteiger partial charge < -0.3 is 0 Å². The zero-order valence-corrected chi connectivity index (χ0v) is 11.5. The van der Waals surface area contributed by atoms with E-state index in [4.69, 9.17) is 11.6 Å². The molecule has 1 unspecified atom stereocenters. The molecule has 0 aromatic heterocycles. The van der Waals surface area contributed by atoms with Crippen molar-refractivity contribution in [1.29, 1.82) is 0 Å². The standard InChI is InChI=1S/C11H9BrClFOS/c12-7-4-3-6(10(14)9(7)13)11(15)8-2-1-5-16-8/h3-4,8H,1-2,5H2. The van der Waals surface area contributed by atoms with Gasteiger partial charge in [0, 0.05) is 4.47 Å². The molecule has 0 radical (unpaired) electrons. The van der Waals surface area contributed by atoms with Crippen molar-refractivity contribution >= 4 is 45.1 Å². The van der Waals surface area contributed by atoms with Crippen LogP contribution in [0, 0.1) is 5.82 Å². The molecule has 0 aliphatic carbocycles. The molecule has 1 atom stereocenters. The third kappa shape index (κ3) is 2.29. The lowest BCUT2D eigenvalue weighted by molar-refractivity contribution is 0.0984. The molecule has 1 fully saturated rings. The molecule has 0 N–H and O–H groups in total. The van der Waals surface area contributed by atoms with E-state index in [-0.39, 0.29) is 21.6 Å². The first-order valence-electron chi connectivity index (χ1n) is 4.90. The smallest absolute Gasteiger partial charge is 0.178 e. The van der Waals surface area contributed by atoms with Crippen molar-refractivity contribution in [2.45, 2.75) is 18.1 Å². The van der Waals surface area contributed by atoms with Crippen molar-refractivity contribution < 1.29 is 9.18 Å². The highest BCUT2D eigenvalue weighted by molar-refractivity contribution is 9.10. The number of benzene rings is 1. The van der Waals surface area contributed by atoms with Gasteiger partial charge in [0.15, 0.2) is 11.6 Å². The highest BCUT2D eigenvalue weighted by Crippen LogP contribution is 2.33. The summed E-state index contributed by atoms with van der Waals surface area (Å²) in [7, 11) is 0. The number of ketones is 1. The third-order valence-electron chi connectivity index (χ3n) is 2.52. The molecule has 1 saturated heterocycles. The van der Waals surface area contributed by atoms with Gasteiger partial charge in [0.25, 0.3) is 0 Å².